The van der Waals surface area contributed by atoms with Gasteiger partial charge in [0, 0.05) is 32.7 Å². The fraction of sp³-hybridized carbons (Fsp3) is 0.346. The van der Waals surface area contributed by atoms with E-state index < -0.39 is 0 Å². The van der Waals surface area contributed by atoms with E-state index in [4.69, 9.17) is 4.98 Å². The SMILES string of the molecule is CCCn1c(=O)c2c(nc(N3CCNCC3)n2Cc2ccccc2)n(Cc2ccccc2)c1=O. The van der Waals surface area contributed by atoms with Gasteiger partial charge in [-0.25, -0.2) is 4.79 Å². The molecule has 2 aromatic heterocycles. The summed E-state index contributed by atoms with van der Waals surface area (Å²) in [5, 5.41) is 3.38. The molecule has 0 radical (unpaired) electrons. The predicted octanol–water partition coefficient (Wildman–Crippen LogP) is 2.28. The van der Waals surface area contributed by atoms with Crippen molar-refractivity contribution in [2.45, 2.75) is 33.0 Å². The first-order valence-electron chi connectivity index (χ1n) is 11.9. The Balaban J connectivity index is 1.77. The van der Waals surface area contributed by atoms with Crippen molar-refractivity contribution >= 4 is 17.1 Å². The summed E-state index contributed by atoms with van der Waals surface area (Å²) in [6.07, 6.45) is 0.698. The molecule has 8 heteroatoms. The van der Waals surface area contributed by atoms with E-state index >= 15 is 0 Å². The number of nitrogens with zero attached hydrogens (tertiary/aromatic N) is 5. The maximum atomic E-state index is 13.7. The topological polar surface area (TPSA) is 77.1 Å². The monoisotopic (exact) mass is 458 g/mol. The molecule has 0 amide bonds. The summed E-state index contributed by atoms with van der Waals surface area (Å²) in [4.78, 5) is 34.4. The molecule has 0 saturated carbocycles. The molecule has 176 valence electrons. The third kappa shape index (κ3) is 4.17. The largest absolute Gasteiger partial charge is 0.340 e. The van der Waals surface area contributed by atoms with E-state index in [1.807, 2.05) is 60.0 Å². The van der Waals surface area contributed by atoms with E-state index in [2.05, 4.69) is 22.3 Å². The molecule has 8 nitrogen and oxygen atoms in total. The van der Waals surface area contributed by atoms with Crippen molar-refractivity contribution in [2.24, 2.45) is 0 Å². The molecule has 1 N–H and O–H groups in total. The summed E-state index contributed by atoms with van der Waals surface area (Å²) in [5.41, 5.74) is 2.45. The molecule has 2 aromatic carbocycles. The highest BCUT2D eigenvalue weighted by Gasteiger charge is 2.25. The third-order valence-electron chi connectivity index (χ3n) is 6.31. The lowest BCUT2D eigenvalue weighted by molar-refractivity contribution is 0.570. The van der Waals surface area contributed by atoms with E-state index in [0.717, 1.165) is 43.3 Å². The molecular formula is C26H30N6O2. The maximum absolute atomic E-state index is 13.7. The van der Waals surface area contributed by atoms with Gasteiger partial charge < -0.3 is 10.2 Å². The predicted molar refractivity (Wildman–Crippen MR) is 135 cm³/mol. The van der Waals surface area contributed by atoms with Gasteiger partial charge in [-0.1, -0.05) is 67.6 Å². The van der Waals surface area contributed by atoms with E-state index in [1.54, 1.807) is 4.57 Å². The van der Waals surface area contributed by atoms with Gasteiger partial charge in [0.1, 0.15) is 0 Å². The molecule has 1 aliphatic rings. The first-order chi connectivity index (χ1) is 16.7. The molecule has 0 spiro atoms. The summed E-state index contributed by atoms with van der Waals surface area (Å²) >= 11 is 0. The van der Waals surface area contributed by atoms with E-state index in [-0.39, 0.29) is 11.2 Å². The van der Waals surface area contributed by atoms with Crippen LogP contribution in [0.4, 0.5) is 5.95 Å². The number of benzene rings is 2. The van der Waals surface area contributed by atoms with Crippen LogP contribution in [0.25, 0.3) is 11.2 Å². The Hall–Kier alpha value is -3.65. The second-order valence-corrected chi connectivity index (χ2v) is 8.70. The number of nitrogens with one attached hydrogen (secondary N) is 1. The van der Waals surface area contributed by atoms with Crippen molar-refractivity contribution in [3.05, 3.63) is 92.6 Å². The standard InChI is InChI=1S/C26H30N6O2/c1-2-15-30-24(33)22-23(32(26(30)34)19-21-11-7-4-8-12-21)28-25(29-16-13-27-14-17-29)31(22)18-20-9-5-3-6-10-20/h3-12,27H,2,13-19H2,1H3. The average molecular weight is 459 g/mol. The summed E-state index contributed by atoms with van der Waals surface area (Å²) in [7, 11) is 0. The second kappa shape index (κ2) is 9.69. The van der Waals surface area contributed by atoms with Crippen molar-refractivity contribution in [3.63, 3.8) is 0 Å². The number of imidazole rings is 1. The van der Waals surface area contributed by atoms with Crippen LogP contribution in [0.1, 0.15) is 24.5 Å². The molecule has 0 bridgehead atoms. The van der Waals surface area contributed by atoms with E-state index in [0.29, 0.717) is 37.2 Å². The van der Waals surface area contributed by atoms with Crippen LogP contribution in [0.5, 0.6) is 0 Å². The summed E-state index contributed by atoms with van der Waals surface area (Å²) in [5.74, 6) is 0.743. The highest BCUT2D eigenvalue weighted by atomic mass is 16.2. The fourth-order valence-electron chi connectivity index (χ4n) is 4.63. The summed E-state index contributed by atoms with van der Waals surface area (Å²) in [6.45, 7) is 6.53. The van der Waals surface area contributed by atoms with Gasteiger partial charge >= 0.3 is 5.69 Å². The minimum atomic E-state index is -0.306. The molecule has 1 saturated heterocycles. The maximum Gasteiger partial charge on any atom is 0.333 e. The van der Waals surface area contributed by atoms with Gasteiger partial charge in [0.05, 0.1) is 13.1 Å². The molecule has 0 atom stereocenters. The van der Waals surface area contributed by atoms with Crippen LogP contribution in [0.3, 0.4) is 0 Å². The van der Waals surface area contributed by atoms with Crippen LogP contribution in [0.15, 0.2) is 70.3 Å². The Kier molecular flexibility index (Phi) is 6.31. The summed E-state index contributed by atoms with van der Waals surface area (Å²) in [6, 6.07) is 19.9. The van der Waals surface area contributed by atoms with Crippen LogP contribution < -0.4 is 21.5 Å². The lowest BCUT2D eigenvalue weighted by Crippen LogP contribution is -2.44. The minimum absolute atomic E-state index is 0.268. The molecule has 34 heavy (non-hydrogen) atoms. The number of piperazine rings is 1. The molecule has 5 rings (SSSR count). The Bertz CT molecular complexity index is 1380. The number of fused-ring (bicyclic) bond motifs is 1. The number of hydrogen-bond donors (Lipinski definition) is 1. The Morgan fingerprint density at radius 1 is 0.824 bits per heavy atom. The van der Waals surface area contributed by atoms with Gasteiger partial charge in [0.2, 0.25) is 5.95 Å². The van der Waals surface area contributed by atoms with Crippen molar-refractivity contribution in [3.8, 4) is 0 Å². The molecule has 1 aliphatic heterocycles. The van der Waals surface area contributed by atoms with Gasteiger partial charge in [0.25, 0.3) is 5.56 Å². The van der Waals surface area contributed by atoms with Crippen molar-refractivity contribution in [1.29, 1.82) is 0 Å². The average Bonchev–Trinajstić information content (AvgIpc) is 3.25. The minimum Gasteiger partial charge on any atom is -0.340 e. The van der Waals surface area contributed by atoms with Crippen LogP contribution in [0.2, 0.25) is 0 Å². The zero-order valence-electron chi connectivity index (χ0n) is 19.5. The number of anilines is 1. The van der Waals surface area contributed by atoms with Gasteiger partial charge in [-0.15, -0.1) is 0 Å². The normalized spacial score (nSPS) is 14.1. The lowest BCUT2D eigenvalue weighted by Gasteiger charge is -2.28. The Morgan fingerprint density at radius 2 is 1.41 bits per heavy atom. The zero-order valence-corrected chi connectivity index (χ0v) is 19.5. The van der Waals surface area contributed by atoms with E-state index in [1.165, 1.54) is 4.57 Å². The van der Waals surface area contributed by atoms with Crippen LogP contribution in [-0.4, -0.2) is 44.9 Å². The van der Waals surface area contributed by atoms with Crippen molar-refractivity contribution < 1.29 is 0 Å². The van der Waals surface area contributed by atoms with E-state index in [9.17, 15) is 9.59 Å². The fourth-order valence-corrected chi connectivity index (χ4v) is 4.63. The van der Waals surface area contributed by atoms with Gasteiger partial charge in [-0.3, -0.25) is 18.5 Å². The Labute approximate surface area is 198 Å². The second-order valence-electron chi connectivity index (χ2n) is 8.70. The third-order valence-corrected chi connectivity index (χ3v) is 6.31. The van der Waals surface area contributed by atoms with Gasteiger partial charge in [-0.05, 0) is 17.5 Å². The molecule has 4 aromatic rings. The quantitative estimate of drug-likeness (QED) is 0.460. The van der Waals surface area contributed by atoms with Gasteiger partial charge in [-0.2, -0.15) is 4.98 Å². The summed E-state index contributed by atoms with van der Waals surface area (Å²) < 4.78 is 5.04. The first kappa shape index (κ1) is 22.2. The molecule has 1 fully saturated rings. The molecule has 0 unspecified atom stereocenters. The number of hydrogen-bond acceptors (Lipinski definition) is 5. The zero-order chi connectivity index (χ0) is 23.5. The number of aromatic nitrogens is 4. The number of rotatable bonds is 7. The van der Waals surface area contributed by atoms with Gasteiger partial charge in [0.15, 0.2) is 11.2 Å². The lowest BCUT2D eigenvalue weighted by atomic mass is 10.2. The van der Waals surface area contributed by atoms with Crippen LogP contribution in [-0.2, 0) is 19.6 Å². The smallest absolute Gasteiger partial charge is 0.333 e. The first-order valence-corrected chi connectivity index (χ1v) is 11.9. The van der Waals surface area contributed by atoms with Crippen LogP contribution in [0, 0.1) is 0 Å². The molecule has 3 heterocycles. The highest BCUT2D eigenvalue weighted by Crippen LogP contribution is 2.23. The van der Waals surface area contributed by atoms with Crippen molar-refractivity contribution in [2.75, 3.05) is 31.1 Å². The van der Waals surface area contributed by atoms with Crippen LogP contribution >= 0.6 is 0 Å². The molecule has 0 aliphatic carbocycles. The van der Waals surface area contributed by atoms with Crippen molar-refractivity contribution in [1.82, 2.24) is 24.0 Å². The highest BCUT2D eigenvalue weighted by molar-refractivity contribution is 5.75. The Morgan fingerprint density at radius 3 is 2.00 bits per heavy atom. The molecular weight excluding hydrogens is 428 g/mol.